The molecule has 0 radical (unpaired) electrons. The SMILES string of the molecule is C=C[C@H](c1cc(Cl)cc(Cl)c1)N1CCNCC1. The number of rotatable bonds is 3. The Morgan fingerprint density at radius 3 is 2.29 bits per heavy atom. The van der Waals surface area contributed by atoms with Gasteiger partial charge in [0.05, 0.1) is 6.04 Å². The van der Waals surface area contributed by atoms with E-state index in [1.165, 1.54) is 0 Å². The van der Waals surface area contributed by atoms with Crippen LogP contribution in [0.15, 0.2) is 30.9 Å². The summed E-state index contributed by atoms with van der Waals surface area (Å²) in [6.07, 6.45) is 1.95. The number of hydrogen-bond acceptors (Lipinski definition) is 2. The molecule has 0 aliphatic carbocycles. The Labute approximate surface area is 112 Å². The van der Waals surface area contributed by atoms with E-state index in [-0.39, 0.29) is 6.04 Å². The molecular weight excluding hydrogens is 255 g/mol. The van der Waals surface area contributed by atoms with Gasteiger partial charge in [0.1, 0.15) is 0 Å². The van der Waals surface area contributed by atoms with Crippen LogP contribution in [0, 0.1) is 0 Å². The Morgan fingerprint density at radius 1 is 1.18 bits per heavy atom. The van der Waals surface area contributed by atoms with Crippen molar-refractivity contribution >= 4 is 23.2 Å². The van der Waals surface area contributed by atoms with Crippen molar-refractivity contribution in [1.82, 2.24) is 10.2 Å². The minimum absolute atomic E-state index is 0.188. The fraction of sp³-hybridized carbons (Fsp3) is 0.385. The molecule has 2 rings (SSSR count). The molecule has 1 atom stereocenters. The Balaban J connectivity index is 2.24. The molecule has 0 amide bonds. The molecule has 1 saturated heterocycles. The van der Waals surface area contributed by atoms with Crippen LogP contribution in [0.2, 0.25) is 10.0 Å². The highest BCUT2D eigenvalue weighted by atomic mass is 35.5. The average Bonchev–Trinajstić information content (AvgIpc) is 2.30. The first-order valence-corrected chi connectivity index (χ1v) is 6.49. The number of nitrogens with one attached hydrogen (secondary N) is 1. The smallest absolute Gasteiger partial charge is 0.0531 e. The normalized spacial score (nSPS) is 18.9. The van der Waals surface area contributed by atoms with E-state index < -0.39 is 0 Å². The zero-order chi connectivity index (χ0) is 12.3. The summed E-state index contributed by atoms with van der Waals surface area (Å²) < 4.78 is 0. The van der Waals surface area contributed by atoms with Crippen LogP contribution in [0.5, 0.6) is 0 Å². The van der Waals surface area contributed by atoms with Crippen molar-refractivity contribution in [3.8, 4) is 0 Å². The van der Waals surface area contributed by atoms with Crippen LogP contribution in [0.4, 0.5) is 0 Å². The molecule has 1 aromatic carbocycles. The van der Waals surface area contributed by atoms with Crippen LogP contribution >= 0.6 is 23.2 Å². The number of piperazine rings is 1. The second-order valence-corrected chi connectivity index (χ2v) is 5.04. The molecule has 1 heterocycles. The quantitative estimate of drug-likeness (QED) is 0.850. The van der Waals surface area contributed by atoms with Gasteiger partial charge < -0.3 is 5.32 Å². The van der Waals surface area contributed by atoms with E-state index >= 15 is 0 Å². The van der Waals surface area contributed by atoms with Crippen molar-refractivity contribution in [1.29, 1.82) is 0 Å². The van der Waals surface area contributed by atoms with Gasteiger partial charge in [-0.3, -0.25) is 4.90 Å². The minimum atomic E-state index is 0.188. The third-order valence-electron chi connectivity index (χ3n) is 2.99. The van der Waals surface area contributed by atoms with Crippen LogP contribution < -0.4 is 5.32 Å². The van der Waals surface area contributed by atoms with Gasteiger partial charge in [0.25, 0.3) is 0 Å². The highest BCUT2D eigenvalue weighted by Gasteiger charge is 2.19. The summed E-state index contributed by atoms with van der Waals surface area (Å²) in [4.78, 5) is 2.38. The van der Waals surface area contributed by atoms with Crippen LogP contribution in [-0.2, 0) is 0 Å². The second kappa shape index (κ2) is 5.87. The number of hydrogen-bond donors (Lipinski definition) is 1. The van der Waals surface area contributed by atoms with Gasteiger partial charge in [-0.15, -0.1) is 6.58 Å². The number of halogens is 2. The van der Waals surface area contributed by atoms with Gasteiger partial charge >= 0.3 is 0 Å². The molecule has 0 spiro atoms. The molecule has 2 nitrogen and oxygen atoms in total. The molecule has 0 bridgehead atoms. The summed E-state index contributed by atoms with van der Waals surface area (Å²) in [7, 11) is 0. The van der Waals surface area contributed by atoms with Crippen LogP contribution in [0.3, 0.4) is 0 Å². The van der Waals surface area contributed by atoms with Gasteiger partial charge in [0.2, 0.25) is 0 Å². The van der Waals surface area contributed by atoms with Gasteiger partial charge in [-0.2, -0.15) is 0 Å². The lowest BCUT2D eigenvalue weighted by Crippen LogP contribution is -2.44. The Morgan fingerprint density at radius 2 is 1.76 bits per heavy atom. The predicted octanol–water partition coefficient (Wildman–Crippen LogP) is 3.13. The highest BCUT2D eigenvalue weighted by Crippen LogP contribution is 2.28. The Bertz CT molecular complexity index is 380. The van der Waals surface area contributed by atoms with Crippen LogP contribution in [-0.4, -0.2) is 31.1 Å². The monoisotopic (exact) mass is 270 g/mol. The third kappa shape index (κ3) is 3.23. The lowest BCUT2D eigenvalue weighted by molar-refractivity contribution is 0.203. The molecule has 17 heavy (non-hydrogen) atoms. The molecule has 0 saturated carbocycles. The fourth-order valence-corrected chi connectivity index (χ4v) is 2.75. The van der Waals surface area contributed by atoms with Gasteiger partial charge in [-0.05, 0) is 23.8 Å². The summed E-state index contributed by atoms with van der Waals surface area (Å²) in [5.74, 6) is 0. The Hall–Kier alpha value is -0.540. The van der Waals surface area contributed by atoms with Crippen molar-refractivity contribution in [2.45, 2.75) is 6.04 Å². The van der Waals surface area contributed by atoms with Gasteiger partial charge in [-0.25, -0.2) is 0 Å². The molecule has 4 heteroatoms. The summed E-state index contributed by atoms with van der Waals surface area (Å²) in [6, 6.07) is 5.86. The molecule has 0 unspecified atom stereocenters. The molecule has 92 valence electrons. The topological polar surface area (TPSA) is 15.3 Å². The molecule has 1 fully saturated rings. The van der Waals surface area contributed by atoms with E-state index in [4.69, 9.17) is 23.2 Å². The van der Waals surface area contributed by atoms with E-state index in [9.17, 15) is 0 Å². The average molecular weight is 271 g/mol. The largest absolute Gasteiger partial charge is 0.314 e. The van der Waals surface area contributed by atoms with Gasteiger partial charge in [-0.1, -0.05) is 29.3 Å². The van der Waals surface area contributed by atoms with Crippen molar-refractivity contribution in [2.24, 2.45) is 0 Å². The fourth-order valence-electron chi connectivity index (χ4n) is 2.20. The van der Waals surface area contributed by atoms with Crippen molar-refractivity contribution < 1.29 is 0 Å². The number of benzene rings is 1. The molecule has 1 aliphatic heterocycles. The van der Waals surface area contributed by atoms with E-state index in [2.05, 4.69) is 16.8 Å². The molecule has 0 aromatic heterocycles. The standard InChI is InChI=1S/C13H16Cl2N2/c1-2-13(17-5-3-16-4-6-17)10-7-11(14)9-12(15)8-10/h2,7-9,13,16H,1,3-6H2/t13-/m1/s1. The van der Waals surface area contributed by atoms with E-state index in [0.29, 0.717) is 10.0 Å². The molecule has 1 aromatic rings. The van der Waals surface area contributed by atoms with E-state index in [1.807, 2.05) is 18.2 Å². The molecular formula is C13H16Cl2N2. The summed E-state index contributed by atoms with van der Waals surface area (Å²) >= 11 is 12.1. The summed E-state index contributed by atoms with van der Waals surface area (Å²) in [5.41, 5.74) is 1.11. The maximum atomic E-state index is 6.04. The van der Waals surface area contributed by atoms with Crippen LogP contribution in [0.25, 0.3) is 0 Å². The zero-order valence-corrected chi connectivity index (χ0v) is 11.1. The maximum Gasteiger partial charge on any atom is 0.0531 e. The van der Waals surface area contributed by atoms with E-state index in [1.54, 1.807) is 6.07 Å². The van der Waals surface area contributed by atoms with Crippen molar-refractivity contribution in [3.05, 3.63) is 46.5 Å². The number of nitrogens with zero attached hydrogens (tertiary/aromatic N) is 1. The lowest BCUT2D eigenvalue weighted by Gasteiger charge is -2.33. The third-order valence-corrected chi connectivity index (χ3v) is 3.43. The second-order valence-electron chi connectivity index (χ2n) is 4.17. The van der Waals surface area contributed by atoms with Crippen molar-refractivity contribution in [2.75, 3.05) is 26.2 Å². The molecule has 1 aliphatic rings. The molecule has 1 N–H and O–H groups in total. The zero-order valence-electron chi connectivity index (χ0n) is 9.63. The van der Waals surface area contributed by atoms with Gasteiger partial charge in [0, 0.05) is 36.2 Å². The summed E-state index contributed by atoms with van der Waals surface area (Å²) in [5, 5.41) is 4.69. The van der Waals surface area contributed by atoms with E-state index in [0.717, 1.165) is 31.7 Å². The minimum Gasteiger partial charge on any atom is -0.314 e. The predicted molar refractivity (Wildman–Crippen MR) is 73.8 cm³/mol. The van der Waals surface area contributed by atoms with Crippen LogP contribution in [0.1, 0.15) is 11.6 Å². The first-order valence-electron chi connectivity index (χ1n) is 5.74. The maximum absolute atomic E-state index is 6.04. The van der Waals surface area contributed by atoms with Crippen molar-refractivity contribution in [3.63, 3.8) is 0 Å². The first-order chi connectivity index (χ1) is 8.20. The summed E-state index contributed by atoms with van der Waals surface area (Å²) in [6.45, 7) is 7.98. The Kier molecular flexibility index (Phi) is 4.46. The lowest BCUT2D eigenvalue weighted by atomic mass is 10.0. The van der Waals surface area contributed by atoms with Gasteiger partial charge in [0.15, 0.2) is 0 Å². The first kappa shape index (κ1) is 12.9. The highest BCUT2D eigenvalue weighted by molar-refractivity contribution is 6.34.